The van der Waals surface area contributed by atoms with Crippen molar-refractivity contribution < 1.29 is 9.45 Å². The molecule has 0 aliphatic heterocycles. The molecule has 0 unspecified atom stereocenters. The molecule has 1 heterocycles. The number of nitrogens with zero attached hydrogens (tertiary/aromatic N) is 4. The van der Waals surface area contributed by atoms with E-state index in [4.69, 9.17) is 0 Å². The van der Waals surface area contributed by atoms with Crippen LogP contribution in [0.4, 0.5) is 0 Å². The van der Waals surface area contributed by atoms with Crippen LogP contribution in [0.3, 0.4) is 0 Å². The summed E-state index contributed by atoms with van der Waals surface area (Å²) in [4.78, 5) is 10.9. The van der Waals surface area contributed by atoms with Crippen LogP contribution in [0.25, 0.3) is 0 Å². The minimum Gasteiger partial charge on any atom is -0.538 e. The Labute approximate surface area is 70.3 Å². The lowest BCUT2D eigenvalue weighted by Crippen LogP contribution is -2.15. The van der Waals surface area contributed by atoms with Crippen molar-refractivity contribution in [2.45, 2.75) is 19.9 Å². The summed E-state index contributed by atoms with van der Waals surface area (Å²) >= 11 is 0. The molecular formula is C5H7BN4O2. The third-order valence-electron chi connectivity index (χ3n) is 1.27. The molecule has 0 saturated heterocycles. The molecule has 62 valence electrons. The highest BCUT2D eigenvalue weighted by molar-refractivity contribution is 6.08. The Morgan fingerprint density at radius 1 is 1.67 bits per heavy atom. The Morgan fingerprint density at radius 2 is 2.33 bits per heavy atom. The van der Waals surface area contributed by atoms with Gasteiger partial charge >= 0.3 is 14.0 Å². The van der Waals surface area contributed by atoms with Gasteiger partial charge in [-0.3, -0.25) is 0 Å². The van der Waals surface area contributed by atoms with Crippen molar-refractivity contribution in [2.24, 2.45) is 0 Å². The lowest BCUT2D eigenvalue weighted by molar-refractivity contribution is 0.0727. The molecule has 2 radical (unpaired) electrons. The van der Waals surface area contributed by atoms with Crippen molar-refractivity contribution in [3.05, 3.63) is 5.82 Å². The van der Waals surface area contributed by atoms with E-state index in [0.717, 1.165) is 0 Å². The van der Waals surface area contributed by atoms with Gasteiger partial charge < -0.3 is 4.65 Å². The molecule has 1 aromatic rings. The molecule has 1 rings (SSSR count). The van der Waals surface area contributed by atoms with Gasteiger partial charge in [-0.25, -0.2) is 9.48 Å². The van der Waals surface area contributed by atoms with Crippen molar-refractivity contribution in [3.8, 4) is 0 Å². The molecule has 0 spiro atoms. The molecule has 1 aromatic heterocycles. The summed E-state index contributed by atoms with van der Waals surface area (Å²) in [5.41, 5.74) is 0. The van der Waals surface area contributed by atoms with E-state index < -0.39 is 5.97 Å². The summed E-state index contributed by atoms with van der Waals surface area (Å²) in [5, 5.41) is 10.4. The second-order valence-corrected chi connectivity index (χ2v) is 2.45. The summed E-state index contributed by atoms with van der Waals surface area (Å²) < 4.78 is 5.31. The van der Waals surface area contributed by atoms with E-state index in [2.05, 4.69) is 28.2 Å². The number of aromatic nitrogens is 4. The highest BCUT2D eigenvalue weighted by Crippen LogP contribution is 2.04. The number of hydrogen-bond donors (Lipinski definition) is 0. The van der Waals surface area contributed by atoms with E-state index in [1.807, 2.05) is 13.8 Å². The molecule has 0 fully saturated rings. The third-order valence-corrected chi connectivity index (χ3v) is 1.27. The van der Waals surface area contributed by atoms with Crippen molar-refractivity contribution in [1.29, 1.82) is 0 Å². The van der Waals surface area contributed by atoms with Crippen molar-refractivity contribution >= 4 is 14.0 Å². The average molecular weight is 166 g/mol. The molecule has 0 aromatic carbocycles. The van der Waals surface area contributed by atoms with Crippen LogP contribution in [0.2, 0.25) is 0 Å². The fourth-order valence-corrected chi connectivity index (χ4v) is 0.729. The highest BCUT2D eigenvalue weighted by Gasteiger charge is 2.16. The predicted molar refractivity (Wildman–Crippen MR) is 39.4 cm³/mol. The van der Waals surface area contributed by atoms with Crippen molar-refractivity contribution in [2.75, 3.05) is 0 Å². The number of hydrogen-bond acceptors (Lipinski definition) is 5. The maximum absolute atomic E-state index is 10.9. The molecule has 0 atom stereocenters. The molecule has 0 bridgehead atoms. The molecule has 0 saturated carbocycles. The van der Waals surface area contributed by atoms with Crippen LogP contribution in [-0.4, -0.2) is 34.2 Å². The normalized spacial score (nSPS) is 10.2. The lowest BCUT2D eigenvalue weighted by atomic mass is 10.4. The van der Waals surface area contributed by atoms with E-state index in [0.29, 0.717) is 0 Å². The molecule has 0 aliphatic carbocycles. The lowest BCUT2D eigenvalue weighted by Gasteiger charge is -2.05. The van der Waals surface area contributed by atoms with Gasteiger partial charge in [0.25, 0.3) is 5.82 Å². The second-order valence-electron chi connectivity index (χ2n) is 2.45. The minimum absolute atomic E-state index is 0.00546. The predicted octanol–water partition coefficient (Wildman–Crippen LogP) is -0.506. The fourth-order valence-electron chi connectivity index (χ4n) is 0.729. The topological polar surface area (TPSA) is 69.9 Å². The first-order valence-electron chi connectivity index (χ1n) is 3.35. The molecule has 7 heteroatoms. The van der Waals surface area contributed by atoms with Crippen LogP contribution in [0.5, 0.6) is 0 Å². The van der Waals surface area contributed by atoms with Gasteiger partial charge in [-0.2, -0.15) is 0 Å². The summed E-state index contributed by atoms with van der Waals surface area (Å²) in [6, 6.07) is -0.00546. The van der Waals surface area contributed by atoms with Gasteiger partial charge in [-0.1, -0.05) is 0 Å². The molecule has 0 amide bonds. The van der Waals surface area contributed by atoms with Gasteiger partial charge in [-0.15, -0.1) is 5.10 Å². The van der Waals surface area contributed by atoms with Gasteiger partial charge in [0.2, 0.25) is 0 Å². The molecule has 0 aliphatic rings. The molecule has 6 nitrogen and oxygen atoms in total. The first kappa shape index (κ1) is 8.70. The Bertz CT molecular complexity index is 285. The van der Waals surface area contributed by atoms with E-state index >= 15 is 0 Å². The molecule has 0 N–H and O–H groups in total. The SMILES string of the molecule is [B]OC(=O)c1nnnn1C(C)C. The van der Waals surface area contributed by atoms with Crippen LogP contribution in [0.1, 0.15) is 30.5 Å². The zero-order chi connectivity index (χ0) is 9.14. The van der Waals surface area contributed by atoms with E-state index in [-0.39, 0.29) is 11.9 Å². The van der Waals surface area contributed by atoms with Crippen molar-refractivity contribution in [1.82, 2.24) is 20.2 Å². The monoisotopic (exact) mass is 166 g/mol. The Balaban J connectivity index is 2.99. The Hall–Kier alpha value is -1.40. The Kier molecular flexibility index (Phi) is 2.42. The van der Waals surface area contributed by atoms with E-state index in [1.165, 1.54) is 4.68 Å². The third kappa shape index (κ3) is 1.44. The molecular weight excluding hydrogens is 159 g/mol. The number of rotatable bonds is 2. The smallest absolute Gasteiger partial charge is 0.379 e. The number of carbonyl (C=O) groups excluding carboxylic acids is 1. The van der Waals surface area contributed by atoms with Crippen LogP contribution in [0.15, 0.2) is 0 Å². The van der Waals surface area contributed by atoms with Crippen molar-refractivity contribution in [3.63, 3.8) is 0 Å². The summed E-state index contributed by atoms with van der Waals surface area (Å²) in [6.07, 6.45) is 0. The summed E-state index contributed by atoms with van der Waals surface area (Å²) in [7, 11) is 4.67. The first-order chi connectivity index (χ1) is 5.66. The van der Waals surface area contributed by atoms with Gasteiger partial charge in [-0.05, 0) is 24.3 Å². The Morgan fingerprint density at radius 3 is 2.83 bits per heavy atom. The van der Waals surface area contributed by atoms with Crippen LogP contribution in [-0.2, 0) is 4.65 Å². The first-order valence-corrected chi connectivity index (χ1v) is 3.35. The summed E-state index contributed by atoms with van der Waals surface area (Å²) in [6.45, 7) is 3.67. The standard InChI is InChI=1S/C5H7BN4O2/c1-3(2)10-4(5(11)12-6)7-8-9-10/h3H,1-2H3. The maximum atomic E-state index is 10.9. The van der Waals surface area contributed by atoms with Gasteiger partial charge in [0, 0.05) is 0 Å². The van der Waals surface area contributed by atoms with Gasteiger partial charge in [0.15, 0.2) is 0 Å². The zero-order valence-electron chi connectivity index (χ0n) is 6.76. The fraction of sp³-hybridized carbons (Fsp3) is 0.600. The van der Waals surface area contributed by atoms with E-state index in [1.54, 1.807) is 0 Å². The summed E-state index contributed by atoms with van der Waals surface area (Å²) in [5.74, 6) is -0.735. The van der Waals surface area contributed by atoms with Gasteiger partial charge in [0.05, 0.1) is 6.04 Å². The quantitative estimate of drug-likeness (QED) is 0.553. The zero-order valence-corrected chi connectivity index (χ0v) is 6.76. The second kappa shape index (κ2) is 3.33. The largest absolute Gasteiger partial charge is 0.538 e. The van der Waals surface area contributed by atoms with Crippen LogP contribution in [0, 0.1) is 0 Å². The maximum Gasteiger partial charge on any atom is 0.379 e. The minimum atomic E-state index is -0.742. The average Bonchev–Trinajstić information content (AvgIpc) is 2.50. The van der Waals surface area contributed by atoms with E-state index in [9.17, 15) is 4.79 Å². The van der Waals surface area contributed by atoms with Gasteiger partial charge in [0.1, 0.15) is 0 Å². The number of carbonyl (C=O) groups is 1. The van der Waals surface area contributed by atoms with Crippen LogP contribution < -0.4 is 0 Å². The van der Waals surface area contributed by atoms with Crippen LogP contribution >= 0.6 is 0 Å². The molecule has 12 heavy (non-hydrogen) atoms. The number of tetrazole rings is 1. The highest BCUT2D eigenvalue weighted by atomic mass is 16.5.